The topological polar surface area (TPSA) is 45.1 Å². The number of likely N-dealkylation sites (tertiary alicyclic amines) is 1. The van der Waals surface area contributed by atoms with Crippen LogP contribution in [0, 0.1) is 0 Å². The molecule has 0 bridgehead atoms. The number of nitrogens with zero attached hydrogens (tertiary/aromatic N) is 1. The molecule has 0 radical (unpaired) electrons. The molecule has 1 aliphatic carbocycles. The van der Waals surface area contributed by atoms with Crippen LogP contribution in [-0.4, -0.2) is 35.1 Å². The predicted molar refractivity (Wildman–Crippen MR) is 83.0 cm³/mol. The van der Waals surface area contributed by atoms with E-state index < -0.39 is 0 Å². The van der Waals surface area contributed by atoms with Crippen molar-refractivity contribution in [2.75, 3.05) is 13.6 Å². The Hall–Kier alpha value is -1.32. The molecule has 0 amide bonds. The first kappa shape index (κ1) is 12.4. The van der Waals surface area contributed by atoms with Gasteiger partial charge in [-0.15, -0.1) is 0 Å². The van der Waals surface area contributed by atoms with Crippen molar-refractivity contribution in [3.05, 3.63) is 35.5 Å². The number of fused-ring (bicyclic) bond motifs is 2. The number of H-pyrrole nitrogens is 1. The smallest absolute Gasteiger partial charge is 0.0459 e. The van der Waals surface area contributed by atoms with Crippen LogP contribution in [0.5, 0.6) is 0 Å². The molecular weight excluding hydrogens is 246 g/mol. The number of hydrogen-bond donors (Lipinski definition) is 2. The first-order chi connectivity index (χ1) is 9.61. The molecule has 0 spiro atoms. The van der Waals surface area contributed by atoms with Crippen LogP contribution in [0.1, 0.15) is 36.8 Å². The average Bonchev–Trinajstić information content (AvgIpc) is 2.85. The normalized spacial score (nSPS) is 33.4. The van der Waals surface area contributed by atoms with Crippen LogP contribution in [-0.2, 0) is 6.42 Å². The number of likely N-dealkylation sites (N-methyl/N-ethyl adjacent to an activating group) is 1. The Labute approximate surface area is 120 Å². The van der Waals surface area contributed by atoms with Gasteiger partial charge in [-0.1, -0.05) is 19.1 Å². The lowest BCUT2D eigenvalue weighted by atomic mass is 9.69. The molecule has 1 fully saturated rings. The van der Waals surface area contributed by atoms with E-state index in [1.807, 2.05) is 0 Å². The second-order valence-electron chi connectivity index (χ2n) is 6.80. The van der Waals surface area contributed by atoms with Crippen LogP contribution in [0.25, 0.3) is 10.9 Å². The highest BCUT2D eigenvalue weighted by Gasteiger charge is 2.43. The molecule has 1 unspecified atom stereocenters. The zero-order valence-electron chi connectivity index (χ0n) is 12.3. The maximum Gasteiger partial charge on any atom is 0.0459 e. The van der Waals surface area contributed by atoms with Gasteiger partial charge in [-0.3, -0.25) is 0 Å². The predicted octanol–water partition coefficient (Wildman–Crippen LogP) is 2.62. The van der Waals surface area contributed by atoms with E-state index in [4.69, 9.17) is 5.73 Å². The highest BCUT2D eigenvalue weighted by atomic mass is 15.2. The van der Waals surface area contributed by atoms with E-state index in [1.165, 1.54) is 22.0 Å². The standard InChI is InChI=1S/C17H23N3/c1-3-17(18)8-13-12-5-4-6-14-16(12)11(9-19-14)7-15(13)20(2)10-17/h4-6,9,13,15,19H,3,7-8,10,18H2,1-2H3/t13-,15-,17?/m1/s1. The Bertz CT molecular complexity index is 659. The molecule has 2 aliphatic rings. The highest BCUT2D eigenvalue weighted by Crippen LogP contribution is 2.45. The van der Waals surface area contributed by atoms with Crippen LogP contribution in [0.15, 0.2) is 24.4 Å². The summed E-state index contributed by atoms with van der Waals surface area (Å²) in [7, 11) is 2.24. The van der Waals surface area contributed by atoms with Crippen molar-refractivity contribution >= 4 is 10.9 Å². The molecule has 1 aromatic carbocycles. The molecular formula is C17H23N3. The Morgan fingerprint density at radius 2 is 2.30 bits per heavy atom. The first-order valence-electron chi connectivity index (χ1n) is 7.69. The fourth-order valence-corrected chi connectivity index (χ4v) is 4.41. The number of rotatable bonds is 1. The lowest BCUT2D eigenvalue weighted by Crippen LogP contribution is -2.59. The molecule has 3 N–H and O–H groups in total. The van der Waals surface area contributed by atoms with E-state index in [0.29, 0.717) is 12.0 Å². The lowest BCUT2D eigenvalue weighted by Gasteiger charge is -2.49. The van der Waals surface area contributed by atoms with Gasteiger partial charge in [0.25, 0.3) is 0 Å². The minimum atomic E-state index is -0.0358. The van der Waals surface area contributed by atoms with Crippen LogP contribution in [0.3, 0.4) is 0 Å². The van der Waals surface area contributed by atoms with E-state index in [-0.39, 0.29) is 5.54 Å². The minimum Gasteiger partial charge on any atom is -0.361 e. The summed E-state index contributed by atoms with van der Waals surface area (Å²) in [5.74, 6) is 0.575. The van der Waals surface area contributed by atoms with Gasteiger partial charge in [0.2, 0.25) is 0 Å². The van der Waals surface area contributed by atoms with Gasteiger partial charge in [0.05, 0.1) is 0 Å². The zero-order chi connectivity index (χ0) is 13.9. The van der Waals surface area contributed by atoms with Gasteiger partial charge >= 0.3 is 0 Å². The molecule has 0 saturated carbocycles. The lowest BCUT2D eigenvalue weighted by molar-refractivity contribution is 0.0901. The van der Waals surface area contributed by atoms with E-state index >= 15 is 0 Å². The fraction of sp³-hybridized carbons (Fsp3) is 0.529. The number of aromatic nitrogens is 1. The number of nitrogens with two attached hydrogens (primary N) is 1. The van der Waals surface area contributed by atoms with Crippen molar-refractivity contribution in [3.8, 4) is 0 Å². The van der Waals surface area contributed by atoms with Crippen molar-refractivity contribution in [1.29, 1.82) is 0 Å². The molecule has 2 aromatic rings. The summed E-state index contributed by atoms with van der Waals surface area (Å²) < 4.78 is 0. The molecule has 1 aromatic heterocycles. The van der Waals surface area contributed by atoms with E-state index in [2.05, 4.69) is 48.3 Å². The molecule has 2 heterocycles. The molecule has 106 valence electrons. The monoisotopic (exact) mass is 269 g/mol. The van der Waals surface area contributed by atoms with Gasteiger partial charge in [-0.2, -0.15) is 0 Å². The molecule has 1 aliphatic heterocycles. The summed E-state index contributed by atoms with van der Waals surface area (Å²) in [6, 6.07) is 7.28. The van der Waals surface area contributed by atoms with E-state index in [0.717, 1.165) is 25.8 Å². The Morgan fingerprint density at radius 3 is 3.10 bits per heavy atom. The van der Waals surface area contributed by atoms with Gasteiger partial charge < -0.3 is 15.6 Å². The maximum absolute atomic E-state index is 6.63. The summed E-state index contributed by atoms with van der Waals surface area (Å²) in [5, 5.41) is 1.46. The summed E-state index contributed by atoms with van der Waals surface area (Å²) in [4.78, 5) is 5.92. The van der Waals surface area contributed by atoms with Crippen LogP contribution < -0.4 is 5.73 Å². The summed E-state index contributed by atoms with van der Waals surface area (Å²) in [5.41, 5.74) is 10.9. The van der Waals surface area contributed by atoms with E-state index in [9.17, 15) is 0 Å². The van der Waals surface area contributed by atoms with Gasteiger partial charge in [-0.25, -0.2) is 0 Å². The van der Waals surface area contributed by atoms with E-state index in [1.54, 1.807) is 0 Å². The van der Waals surface area contributed by atoms with Crippen molar-refractivity contribution in [2.24, 2.45) is 5.73 Å². The Balaban J connectivity index is 1.87. The SMILES string of the molecule is CCC1(N)C[C@@H]2c3cccc4[nH]cc(c34)C[C@H]2N(C)C1. The summed E-state index contributed by atoms with van der Waals surface area (Å²) in [6.07, 6.45) is 5.51. The van der Waals surface area contributed by atoms with Gasteiger partial charge in [0, 0.05) is 41.1 Å². The third kappa shape index (κ3) is 1.60. The summed E-state index contributed by atoms with van der Waals surface area (Å²) >= 11 is 0. The minimum absolute atomic E-state index is 0.0358. The average molecular weight is 269 g/mol. The van der Waals surface area contributed by atoms with Crippen molar-refractivity contribution < 1.29 is 0 Å². The largest absolute Gasteiger partial charge is 0.361 e. The van der Waals surface area contributed by atoms with Crippen molar-refractivity contribution in [3.63, 3.8) is 0 Å². The highest BCUT2D eigenvalue weighted by molar-refractivity contribution is 5.88. The second kappa shape index (κ2) is 4.09. The molecule has 3 nitrogen and oxygen atoms in total. The van der Waals surface area contributed by atoms with Crippen LogP contribution in [0.2, 0.25) is 0 Å². The molecule has 3 heteroatoms. The fourth-order valence-electron chi connectivity index (χ4n) is 4.41. The summed E-state index contributed by atoms with van der Waals surface area (Å²) in [6.45, 7) is 3.24. The second-order valence-corrected chi connectivity index (χ2v) is 6.80. The Morgan fingerprint density at radius 1 is 1.45 bits per heavy atom. The number of benzene rings is 1. The van der Waals surface area contributed by atoms with Gasteiger partial charge in [-0.05, 0) is 43.5 Å². The number of piperidine rings is 1. The van der Waals surface area contributed by atoms with Crippen LogP contribution in [0.4, 0.5) is 0 Å². The number of nitrogens with one attached hydrogen (secondary N) is 1. The molecule has 1 saturated heterocycles. The third-order valence-corrected chi connectivity index (χ3v) is 5.57. The quantitative estimate of drug-likeness (QED) is 0.836. The third-order valence-electron chi connectivity index (χ3n) is 5.57. The van der Waals surface area contributed by atoms with Gasteiger partial charge in [0.1, 0.15) is 0 Å². The number of hydrogen-bond acceptors (Lipinski definition) is 2. The first-order valence-corrected chi connectivity index (χ1v) is 7.69. The number of aromatic amines is 1. The molecule has 20 heavy (non-hydrogen) atoms. The Kier molecular flexibility index (Phi) is 2.54. The molecule has 3 atom stereocenters. The maximum atomic E-state index is 6.63. The van der Waals surface area contributed by atoms with Gasteiger partial charge in [0.15, 0.2) is 0 Å². The van der Waals surface area contributed by atoms with Crippen LogP contribution >= 0.6 is 0 Å². The zero-order valence-corrected chi connectivity index (χ0v) is 12.3. The molecule has 4 rings (SSSR count). The van der Waals surface area contributed by atoms with Crippen molar-refractivity contribution in [2.45, 2.75) is 43.7 Å². The van der Waals surface area contributed by atoms with Crippen molar-refractivity contribution in [1.82, 2.24) is 9.88 Å².